The molecule has 4 nitrogen and oxygen atoms in total. The lowest BCUT2D eigenvalue weighted by Gasteiger charge is -2.19. The van der Waals surface area contributed by atoms with Crippen molar-refractivity contribution >= 4 is 22.6 Å². The van der Waals surface area contributed by atoms with Gasteiger partial charge in [0.2, 0.25) is 0 Å². The van der Waals surface area contributed by atoms with E-state index in [-0.39, 0.29) is 6.04 Å². The van der Waals surface area contributed by atoms with E-state index < -0.39 is 12.1 Å². The van der Waals surface area contributed by atoms with Gasteiger partial charge < -0.3 is 15.4 Å². The minimum atomic E-state index is -0.644. The number of hydrogen-bond acceptors (Lipinski definition) is 3. The Balaban J connectivity index is 2.68. The van der Waals surface area contributed by atoms with Crippen molar-refractivity contribution in [3.8, 4) is 0 Å². The number of nitrogens with zero attached hydrogens (tertiary/aromatic N) is 2. The second kappa shape index (κ2) is 4.88. The molecular weight excluding hydrogens is 250 g/mol. The van der Waals surface area contributed by atoms with Gasteiger partial charge in [0.25, 0.3) is 0 Å². The molecule has 1 aromatic heterocycles. The minimum Gasteiger partial charge on any atom is -0.391 e. The zero-order valence-corrected chi connectivity index (χ0v) is 11.5. The van der Waals surface area contributed by atoms with Gasteiger partial charge in [-0.1, -0.05) is 11.6 Å². The molecule has 2 aromatic rings. The first-order valence-corrected chi connectivity index (χ1v) is 6.40. The molecule has 0 aliphatic carbocycles. The lowest BCUT2D eigenvalue weighted by atomic mass is 10.2. The highest BCUT2D eigenvalue weighted by Crippen LogP contribution is 2.27. The summed E-state index contributed by atoms with van der Waals surface area (Å²) in [6.07, 6.45) is -0.644. The molecule has 1 aromatic carbocycles. The Bertz CT molecular complexity index is 563. The molecule has 18 heavy (non-hydrogen) atoms. The summed E-state index contributed by atoms with van der Waals surface area (Å²) >= 11 is 5.97. The van der Waals surface area contributed by atoms with Crippen LogP contribution in [0.4, 0.5) is 0 Å². The third-order valence-corrected chi connectivity index (χ3v) is 3.25. The highest BCUT2D eigenvalue weighted by Gasteiger charge is 2.22. The topological polar surface area (TPSA) is 64.1 Å². The van der Waals surface area contributed by atoms with Crippen molar-refractivity contribution in [3.05, 3.63) is 29.0 Å². The van der Waals surface area contributed by atoms with Crippen LogP contribution in [0.3, 0.4) is 0 Å². The third-order valence-electron chi connectivity index (χ3n) is 3.01. The quantitative estimate of drug-likeness (QED) is 0.899. The Morgan fingerprint density at radius 3 is 2.56 bits per heavy atom. The molecule has 1 heterocycles. The molecule has 5 heteroatoms. The Labute approximate surface area is 111 Å². The summed E-state index contributed by atoms with van der Waals surface area (Å²) in [6, 6.07) is 5.30. The van der Waals surface area contributed by atoms with Gasteiger partial charge in [-0.3, -0.25) is 0 Å². The van der Waals surface area contributed by atoms with Crippen LogP contribution in [-0.4, -0.2) is 20.8 Å². The van der Waals surface area contributed by atoms with E-state index in [1.54, 1.807) is 6.92 Å². The number of halogens is 1. The Morgan fingerprint density at radius 1 is 1.33 bits per heavy atom. The number of aliphatic hydroxyl groups excluding tert-OH is 1. The predicted molar refractivity (Wildman–Crippen MR) is 73.7 cm³/mol. The number of hydrogen-bond donors (Lipinski definition) is 2. The fourth-order valence-electron chi connectivity index (χ4n) is 2.08. The van der Waals surface area contributed by atoms with Crippen molar-refractivity contribution in [1.82, 2.24) is 9.55 Å². The second-order valence-corrected chi connectivity index (χ2v) is 5.27. The molecule has 0 aliphatic heterocycles. The maximum absolute atomic E-state index is 9.66. The van der Waals surface area contributed by atoms with Gasteiger partial charge >= 0.3 is 0 Å². The smallest absolute Gasteiger partial charge is 0.129 e. The molecule has 0 radical (unpaired) electrons. The van der Waals surface area contributed by atoms with Crippen molar-refractivity contribution in [2.24, 2.45) is 5.73 Å². The number of aliphatic hydroxyl groups is 1. The summed E-state index contributed by atoms with van der Waals surface area (Å²) < 4.78 is 2.04. The Kier molecular flexibility index (Phi) is 3.61. The summed E-state index contributed by atoms with van der Waals surface area (Å²) in [5.41, 5.74) is 7.81. The van der Waals surface area contributed by atoms with Crippen molar-refractivity contribution in [2.45, 2.75) is 39.0 Å². The predicted octanol–water partition coefficient (Wildman–Crippen LogP) is 2.65. The average Bonchev–Trinajstić information content (AvgIpc) is 2.65. The average molecular weight is 268 g/mol. The van der Waals surface area contributed by atoms with E-state index in [2.05, 4.69) is 18.8 Å². The summed E-state index contributed by atoms with van der Waals surface area (Å²) in [6.45, 7) is 5.80. The van der Waals surface area contributed by atoms with E-state index in [1.165, 1.54) is 0 Å². The monoisotopic (exact) mass is 267 g/mol. The third kappa shape index (κ3) is 2.23. The van der Waals surface area contributed by atoms with Gasteiger partial charge in [-0.25, -0.2) is 4.98 Å². The molecule has 0 saturated carbocycles. The molecule has 0 amide bonds. The highest BCUT2D eigenvalue weighted by molar-refractivity contribution is 6.31. The molecule has 2 atom stereocenters. The number of nitrogens with two attached hydrogens (primary N) is 1. The Hall–Kier alpha value is -1.10. The summed E-state index contributed by atoms with van der Waals surface area (Å²) in [5.74, 6) is 0.692. The van der Waals surface area contributed by atoms with Crippen LogP contribution in [0.2, 0.25) is 5.02 Å². The molecular formula is C13H18ClN3O. The largest absolute Gasteiger partial charge is 0.391 e. The van der Waals surface area contributed by atoms with Crippen LogP contribution in [-0.2, 0) is 0 Å². The van der Waals surface area contributed by atoms with E-state index in [0.717, 1.165) is 11.0 Å². The van der Waals surface area contributed by atoms with Gasteiger partial charge in [-0.15, -0.1) is 0 Å². The molecule has 98 valence electrons. The molecule has 0 bridgehead atoms. The minimum absolute atomic E-state index is 0.218. The lowest BCUT2D eigenvalue weighted by molar-refractivity contribution is 0.158. The summed E-state index contributed by atoms with van der Waals surface area (Å²) in [7, 11) is 0. The van der Waals surface area contributed by atoms with Crippen molar-refractivity contribution in [1.29, 1.82) is 0 Å². The fourth-order valence-corrected chi connectivity index (χ4v) is 2.25. The second-order valence-electron chi connectivity index (χ2n) is 4.83. The van der Waals surface area contributed by atoms with Crippen LogP contribution in [0.15, 0.2) is 18.2 Å². The summed E-state index contributed by atoms with van der Waals surface area (Å²) in [4.78, 5) is 4.51. The standard InChI is InChI=1S/C13H18ClN3O/c1-7(2)17-11-5-4-9(14)6-10(11)16-13(17)12(15)8(3)18/h4-8,12,18H,15H2,1-3H3. The van der Waals surface area contributed by atoms with Crippen LogP contribution in [0.25, 0.3) is 11.0 Å². The molecule has 2 rings (SSSR count). The van der Waals surface area contributed by atoms with E-state index in [4.69, 9.17) is 17.3 Å². The normalized spacial score (nSPS) is 15.3. The number of fused-ring (bicyclic) bond motifs is 1. The van der Waals surface area contributed by atoms with Gasteiger partial charge in [0.15, 0.2) is 0 Å². The fraction of sp³-hybridized carbons (Fsp3) is 0.462. The Morgan fingerprint density at radius 2 is 2.00 bits per heavy atom. The molecule has 0 saturated heterocycles. The first kappa shape index (κ1) is 13.3. The van der Waals surface area contributed by atoms with E-state index in [1.807, 2.05) is 22.8 Å². The van der Waals surface area contributed by atoms with Crippen LogP contribution < -0.4 is 5.73 Å². The first-order chi connectivity index (χ1) is 8.41. The van der Waals surface area contributed by atoms with Gasteiger partial charge in [-0.05, 0) is 39.0 Å². The molecule has 0 spiro atoms. The van der Waals surface area contributed by atoms with Crippen molar-refractivity contribution in [2.75, 3.05) is 0 Å². The van der Waals surface area contributed by atoms with Crippen LogP contribution in [0.5, 0.6) is 0 Å². The molecule has 2 unspecified atom stereocenters. The van der Waals surface area contributed by atoms with E-state index in [9.17, 15) is 5.11 Å². The number of aromatic nitrogens is 2. The molecule has 0 aliphatic rings. The maximum Gasteiger partial charge on any atom is 0.129 e. The zero-order chi connectivity index (χ0) is 13.4. The number of imidazole rings is 1. The first-order valence-electron chi connectivity index (χ1n) is 6.03. The number of rotatable bonds is 3. The SMILES string of the molecule is CC(O)C(N)c1nc2cc(Cl)ccc2n1C(C)C. The number of benzene rings is 1. The highest BCUT2D eigenvalue weighted by atomic mass is 35.5. The van der Waals surface area contributed by atoms with Gasteiger partial charge in [0.1, 0.15) is 5.82 Å². The van der Waals surface area contributed by atoms with Crippen molar-refractivity contribution in [3.63, 3.8) is 0 Å². The summed E-state index contributed by atoms with van der Waals surface area (Å²) in [5, 5.41) is 10.3. The molecule has 3 N–H and O–H groups in total. The van der Waals surface area contributed by atoms with Crippen molar-refractivity contribution < 1.29 is 5.11 Å². The zero-order valence-electron chi connectivity index (χ0n) is 10.8. The van der Waals surface area contributed by atoms with Crippen LogP contribution >= 0.6 is 11.6 Å². The van der Waals surface area contributed by atoms with E-state index in [0.29, 0.717) is 10.8 Å². The lowest BCUT2D eigenvalue weighted by Crippen LogP contribution is -2.27. The van der Waals surface area contributed by atoms with Gasteiger partial charge in [-0.2, -0.15) is 0 Å². The van der Waals surface area contributed by atoms with Crippen LogP contribution in [0, 0.1) is 0 Å². The van der Waals surface area contributed by atoms with E-state index >= 15 is 0 Å². The van der Waals surface area contributed by atoms with Gasteiger partial charge in [0.05, 0.1) is 23.2 Å². The van der Waals surface area contributed by atoms with Gasteiger partial charge in [0, 0.05) is 11.1 Å². The molecule has 0 fully saturated rings. The van der Waals surface area contributed by atoms with Crippen LogP contribution in [0.1, 0.15) is 38.7 Å². The maximum atomic E-state index is 9.66.